The van der Waals surface area contributed by atoms with E-state index >= 15 is 0 Å². The first-order valence-electron chi connectivity index (χ1n) is 7.57. The number of likely N-dealkylation sites (N-methyl/N-ethyl adjacent to an activating group) is 1. The molecule has 0 aromatic heterocycles. The summed E-state index contributed by atoms with van der Waals surface area (Å²) in [5.74, 6) is 0.167. The van der Waals surface area contributed by atoms with Crippen LogP contribution in [0.4, 0.5) is 0 Å². The third-order valence-electron chi connectivity index (χ3n) is 4.49. The Labute approximate surface area is 117 Å². The second-order valence-electron chi connectivity index (χ2n) is 5.91. The molecule has 112 valence electrons. The number of nitrogens with one attached hydrogen (secondary N) is 1. The number of nitrogens with zero attached hydrogens (tertiary/aromatic N) is 1. The van der Waals surface area contributed by atoms with Crippen molar-refractivity contribution in [3.05, 3.63) is 0 Å². The number of hydrogen-bond donors (Lipinski definition) is 1. The smallest absolute Gasteiger partial charge is 0.236 e. The van der Waals surface area contributed by atoms with Gasteiger partial charge in [-0.25, -0.2) is 0 Å². The summed E-state index contributed by atoms with van der Waals surface area (Å²) in [6.07, 6.45) is 4.10. The largest absolute Gasteiger partial charge is 0.375 e. The molecule has 1 amide bonds. The molecule has 0 aromatic rings. The lowest BCUT2D eigenvalue weighted by Gasteiger charge is -2.40. The molecule has 1 rings (SSSR count). The zero-order chi connectivity index (χ0) is 14.5. The SMILES string of the molecule is CCC1(CC)CC(NCC(=O)N(C)C(C)C)CCO1. The predicted molar refractivity (Wildman–Crippen MR) is 78.2 cm³/mol. The number of rotatable bonds is 6. The van der Waals surface area contributed by atoms with Crippen LogP contribution in [0.1, 0.15) is 53.4 Å². The van der Waals surface area contributed by atoms with Gasteiger partial charge in [0.25, 0.3) is 0 Å². The second kappa shape index (κ2) is 7.25. The van der Waals surface area contributed by atoms with Gasteiger partial charge in [-0.2, -0.15) is 0 Å². The molecule has 0 aliphatic carbocycles. The Hall–Kier alpha value is -0.610. The first-order valence-corrected chi connectivity index (χ1v) is 7.57. The molecule has 0 saturated carbocycles. The lowest BCUT2D eigenvalue weighted by molar-refractivity contribution is -0.131. The maximum absolute atomic E-state index is 12.0. The van der Waals surface area contributed by atoms with Crippen molar-refractivity contribution in [2.75, 3.05) is 20.2 Å². The van der Waals surface area contributed by atoms with Crippen molar-refractivity contribution in [1.29, 1.82) is 0 Å². The molecule has 1 heterocycles. The zero-order valence-corrected chi connectivity index (χ0v) is 13.2. The van der Waals surface area contributed by atoms with Crippen molar-refractivity contribution < 1.29 is 9.53 Å². The minimum Gasteiger partial charge on any atom is -0.375 e. The Morgan fingerprint density at radius 3 is 2.58 bits per heavy atom. The topological polar surface area (TPSA) is 41.6 Å². The minimum absolute atomic E-state index is 0.0168. The quantitative estimate of drug-likeness (QED) is 0.804. The molecule has 1 aliphatic heterocycles. The molecule has 1 saturated heterocycles. The summed E-state index contributed by atoms with van der Waals surface area (Å²) >= 11 is 0. The van der Waals surface area contributed by atoms with Gasteiger partial charge in [0.15, 0.2) is 0 Å². The summed E-state index contributed by atoms with van der Waals surface area (Å²) in [5.41, 5.74) is 0.0168. The highest BCUT2D eigenvalue weighted by atomic mass is 16.5. The van der Waals surface area contributed by atoms with Gasteiger partial charge in [-0.05, 0) is 39.5 Å². The minimum atomic E-state index is 0.0168. The Kier molecular flexibility index (Phi) is 6.27. The van der Waals surface area contributed by atoms with Crippen molar-refractivity contribution in [2.45, 2.75) is 71.1 Å². The third-order valence-corrected chi connectivity index (χ3v) is 4.49. The van der Waals surface area contributed by atoms with E-state index in [1.54, 1.807) is 4.90 Å². The fourth-order valence-corrected chi connectivity index (χ4v) is 2.59. The van der Waals surface area contributed by atoms with Crippen molar-refractivity contribution in [3.8, 4) is 0 Å². The molecule has 1 unspecified atom stereocenters. The van der Waals surface area contributed by atoms with E-state index in [4.69, 9.17) is 4.74 Å². The van der Waals surface area contributed by atoms with Crippen molar-refractivity contribution in [3.63, 3.8) is 0 Å². The maximum atomic E-state index is 12.0. The molecule has 0 radical (unpaired) electrons. The normalized spacial score (nSPS) is 22.5. The highest BCUT2D eigenvalue weighted by molar-refractivity contribution is 5.78. The summed E-state index contributed by atoms with van der Waals surface area (Å²) in [4.78, 5) is 13.8. The first kappa shape index (κ1) is 16.4. The lowest BCUT2D eigenvalue weighted by Crippen LogP contribution is -2.49. The summed E-state index contributed by atoms with van der Waals surface area (Å²) in [6.45, 7) is 9.67. The van der Waals surface area contributed by atoms with E-state index in [0.29, 0.717) is 12.6 Å². The Morgan fingerprint density at radius 2 is 2.05 bits per heavy atom. The van der Waals surface area contributed by atoms with Crippen LogP contribution in [0.5, 0.6) is 0 Å². The molecule has 19 heavy (non-hydrogen) atoms. The van der Waals surface area contributed by atoms with Crippen molar-refractivity contribution >= 4 is 5.91 Å². The predicted octanol–water partition coefficient (Wildman–Crippen LogP) is 2.18. The molecule has 0 spiro atoms. The van der Waals surface area contributed by atoms with Gasteiger partial charge in [-0.3, -0.25) is 4.79 Å². The van der Waals surface area contributed by atoms with Gasteiger partial charge < -0.3 is 15.0 Å². The van der Waals surface area contributed by atoms with Gasteiger partial charge in [-0.1, -0.05) is 13.8 Å². The fraction of sp³-hybridized carbons (Fsp3) is 0.933. The summed E-state index contributed by atoms with van der Waals surface area (Å²) in [5, 5.41) is 3.41. The average Bonchev–Trinajstić information content (AvgIpc) is 2.43. The van der Waals surface area contributed by atoms with Crippen LogP contribution in [0.15, 0.2) is 0 Å². The number of carbonyl (C=O) groups is 1. The highest BCUT2D eigenvalue weighted by Gasteiger charge is 2.34. The molecule has 1 aliphatic rings. The highest BCUT2D eigenvalue weighted by Crippen LogP contribution is 2.31. The monoisotopic (exact) mass is 270 g/mol. The van der Waals surface area contributed by atoms with Crippen molar-refractivity contribution in [2.24, 2.45) is 0 Å². The van der Waals surface area contributed by atoms with Gasteiger partial charge in [0.2, 0.25) is 5.91 Å². The van der Waals surface area contributed by atoms with Gasteiger partial charge in [-0.15, -0.1) is 0 Å². The van der Waals surface area contributed by atoms with Gasteiger partial charge >= 0.3 is 0 Å². The standard InChI is InChI=1S/C15H30N2O2/c1-6-15(7-2)10-13(8-9-19-15)16-11-14(18)17(5)12(3)4/h12-13,16H,6-11H2,1-5H3. The third kappa shape index (κ3) is 4.46. The molecule has 0 bridgehead atoms. The van der Waals surface area contributed by atoms with E-state index in [1.165, 1.54) is 0 Å². The molecular formula is C15H30N2O2. The summed E-state index contributed by atoms with van der Waals surface area (Å²) < 4.78 is 5.95. The van der Waals surface area contributed by atoms with Gasteiger partial charge in [0, 0.05) is 25.7 Å². The molecule has 1 fully saturated rings. The van der Waals surface area contributed by atoms with Crippen LogP contribution in [-0.2, 0) is 9.53 Å². The van der Waals surface area contributed by atoms with E-state index in [-0.39, 0.29) is 17.6 Å². The van der Waals surface area contributed by atoms with Crippen LogP contribution in [0, 0.1) is 0 Å². The Balaban J connectivity index is 2.43. The van der Waals surface area contributed by atoms with Crippen LogP contribution in [0.2, 0.25) is 0 Å². The lowest BCUT2D eigenvalue weighted by atomic mass is 9.86. The maximum Gasteiger partial charge on any atom is 0.236 e. The van der Waals surface area contributed by atoms with Crippen LogP contribution in [0.3, 0.4) is 0 Å². The Bertz CT molecular complexity index is 288. The van der Waals surface area contributed by atoms with E-state index in [0.717, 1.165) is 32.3 Å². The molecule has 1 N–H and O–H groups in total. The molecule has 4 heteroatoms. The average molecular weight is 270 g/mol. The van der Waals surface area contributed by atoms with E-state index < -0.39 is 0 Å². The number of hydrogen-bond acceptors (Lipinski definition) is 3. The second-order valence-corrected chi connectivity index (χ2v) is 5.91. The molecule has 1 atom stereocenters. The van der Waals surface area contributed by atoms with Gasteiger partial charge in [0.1, 0.15) is 0 Å². The molecule has 4 nitrogen and oxygen atoms in total. The summed E-state index contributed by atoms with van der Waals surface area (Å²) in [6, 6.07) is 0.660. The molecular weight excluding hydrogens is 240 g/mol. The van der Waals surface area contributed by atoms with Crippen molar-refractivity contribution in [1.82, 2.24) is 10.2 Å². The number of carbonyl (C=O) groups excluding carboxylic acids is 1. The van der Waals surface area contributed by atoms with E-state index in [2.05, 4.69) is 19.2 Å². The first-order chi connectivity index (χ1) is 8.94. The summed E-state index contributed by atoms with van der Waals surface area (Å²) in [7, 11) is 1.86. The van der Waals surface area contributed by atoms with E-state index in [1.807, 2.05) is 20.9 Å². The number of ether oxygens (including phenoxy) is 1. The van der Waals surface area contributed by atoms with Crippen LogP contribution in [-0.4, -0.2) is 48.7 Å². The van der Waals surface area contributed by atoms with Gasteiger partial charge in [0.05, 0.1) is 12.1 Å². The Morgan fingerprint density at radius 1 is 1.42 bits per heavy atom. The zero-order valence-electron chi connectivity index (χ0n) is 13.2. The number of amides is 1. The van der Waals surface area contributed by atoms with Crippen LogP contribution < -0.4 is 5.32 Å². The van der Waals surface area contributed by atoms with Crippen LogP contribution in [0.25, 0.3) is 0 Å². The van der Waals surface area contributed by atoms with E-state index in [9.17, 15) is 4.79 Å². The van der Waals surface area contributed by atoms with Crippen LogP contribution >= 0.6 is 0 Å². The molecule has 0 aromatic carbocycles. The fourth-order valence-electron chi connectivity index (χ4n) is 2.59.